The molecule has 2 N–H and O–H groups in total. The Morgan fingerprint density at radius 2 is 1.79 bits per heavy atom. The normalized spacial score (nSPS) is 16.2. The fourth-order valence-corrected chi connectivity index (χ4v) is 2.64. The number of alkyl halides is 2. The third-order valence-corrected chi connectivity index (χ3v) is 4.00. The van der Waals surface area contributed by atoms with E-state index < -0.39 is 18.6 Å². The summed E-state index contributed by atoms with van der Waals surface area (Å²) in [6.45, 7) is -2.94. The molecule has 2 aromatic carbocycles. The summed E-state index contributed by atoms with van der Waals surface area (Å²) < 4.78 is 33.7. The molecule has 0 radical (unpaired) electrons. The fraction of sp³-hybridized carbons (Fsp3) is 0.211. The van der Waals surface area contributed by atoms with Crippen LogP contribution in [-0.4, -0.2) is 31.5 Å². The molecule has 146 valence electrons. The van der Waals surface area contributed by atoms with E-state index in [1.54, 1.807) is 31.4 Å². The van der Waals surface area contributed by atoms with Gasteiger partial charge >= 0.3 is 6.61 Å². The van der Waals surface area contributed by atoms with Gasteiger partial charge in [0.05, 0.1) is 19.6 Å². The molecule has 1 atom stereocenters. The Morgan fingerprint density at radius 3 is 2.39 bits per heavy atom. The maximum Gasteiger partial charge on any atom is 0.387 e. The zero-order valence-electron chi connectivity index (χ0n) is 14.8. The molecule has 0 aliphatic carbocycles. The molecule has 28 heavy (non-hydrogen) atoms. The predicted molar refractivity (Wildman–Crippen MR) is 96.5 cm³/mol. The lowest BCUT2D eigenvalue weighted by molar-refractivity contribution is -0.120. The number of hydrogen-bond donors (Lipinski definition) is 2. The van der Waals surface area contributed by atoms with Gasteiger partial charge in [0.2, 0.25) is 11.9 Å². The van der Waals surface area contributed by atoms with Gasteiger partial charge in [0.25, 0.3) is 5.91 Å². The van der Waals surface area contributed by atoms with Crippen LogP contribution >= 0.6 is 0 Å². The SMILES string of the molecule is COc1ccc([C@@H]2CC(=O)NC(NC(=O)c3ccc(OC(F)F)cc3)=N2)cc1. The monoisotopic (exact) mass is 389 g/mol. The van der Waals surface area contributed by atoms with Crippen LogP contribution in [0.4, 0.5) is 8.78 Å². The van der Waals surface area contributed by atoms with Crippen LogP contribution in [0.15, 0.2) is 53.5 Å². The van der Waals surface area contributed by atoms with Crippen molar-refractivity contribution in [2.45, 2.75) is 19.1 Å². The molecule has 0 unspecified atom stereocenters. The fourth-order valence-electron chi connectivity index (χ4n) is 2.64. The van der Waals surface area contributed by atoms with E-state index in [-0.39, 0.29) is 29.6 Å². The number of rotatable bonds is 5. The zero-order valence-corrected chi connectivity index (χ0v) is 14.8. The molecule has 9 heteroatoms. The molecule has 2 aromatic rings. The Bertz CT molecular complexity index is 883. The van der Waals surface area contributed by atoms with Gasteiger partial charge < -0.3 is 9.47 Å². The van der Waals surface area contributed by atoms with E-state index in [0.717, 1.165) is 5.56 Å². The van der Waals surface area contributed by atoms with Gasteiger partial charge in [0, 0.05) is 5.56 Å². The van der Waals surface area contributed by atoms with Crippen molar-refractivity contribution in [3.05, 3.63) is 59.7 Å². The highest BCUT2D eigenvalue weighted by Gasteiger charge is 2.24. The Morgan fingerprint density at radius 1 is 1.14 bits per heavy atom. The smallest absolute Gasteiger partial charge is 0.387 e. The lowest BCUT2D eigenvalue weighted by Gasteiger charge is -2.21. The van der Waals surface area contributed by atoms with Crippen molar-refractivity contribution in [3.8, 4) is 11.5 Å². The number of aliphatic imine (C=N–C) groups is 1. The standard InChI is InChI=1S/C19H17F2N3O4/c1-27-13-6-2-11(3-7-13)15-10-16(25)23-19(22-15)24-17(26)12-4-8-14(9-5-12)28-18(20)21/h2-9,15,18H,10H2,1H3,(H2,22,23,24,25,26)/t15-/m0/s1. The van der Waals surface area contributed by atoms with Gasteiger partial charge in [0.15, 0.2) is 0 Å². The van der Waals surface area contributed by atoms with Gasteiger partial charge in [-0.05, 0) is 42.0 Å². The molecule has 3 rings (SSSR count). The number of nitrogens with one attached hydrogen (secondary N) is 2. The number of halogens is 2. The van der Waals surface area contributed by atoms with E-state index in [0.29, 0.717) is 5.75 Å². The van der Waals surface area contributed by atoms with Gasteiger partial charge in [-0.15, -0.1) is 0 Å². The van der Waals surface area contributed by atoms with Gasteiger partial charge in [0.1, 0.15) is 11.5 Å². The van der Waals surface area contributed by atoms with Crippen LogP contribution in [0.2, 0.25) is 0 Å². The third-order valence-electron chi connectivity index (χ3n) is 4.00. The van der Waals surface area contributed by atoms with Crippen LogP contribution < -0.4 is 20.1 Å². The first kappa shape index (κ1) is 19.3. The van der Waals surface area contributed by atoms with E-state index in [4.69, 9.17) is 4.74 Å². The summed E-state index contributed by atoms with van der Waals surface area (Å²) in [5.74, 6) is -0.185. The van der Waals surface area contributed by atoms with Crippen molar-refractivity contribution in [2.75, 3.05) is 7.11 Å². The minimum atomic E-state index is -2.94. The van der Waals surface area contributed by atoms with Crippen molar-refractivity contribution in [2.24, 2.45) is 4.99 Å². The Kier molecular flexibility index (Phi) is 5.83. The number of benzene rings is 2. The molecular weight excluding hydrogens is 372 g/mol. The molecule has 1 heterocycles. The molecule has 0 saturated carbocycles. The van der Waals surface area contributed by atoms with Crippen LogP contribution in [0.3, 0.4) is 0 Å². The van der Waals surface area contributed by atoms with E-state index in [1.165, 1.54) is 24.3 Å². The molecule has 0 spiro atoms. The topological polar surface area (TPSA) is 89.0 Å². The lowest BCUT2D eigenvalue weighted by atomic mass is 10.0. The molecule has 1 aliphatic heterocycles. The summed E-state index contributed by atoms with van der Waals surface area (Å²) >= 11 is 0. The minimum absolute atomic E-state index is 0.0231. The van der Waals surface area contributed by atoms with Crippen LogP contribution in [0.5, 0.6) is 11.5 Å². The second kappa shape index (κ2) is 8.47. The predicted octanol–water partition coefficient (Wildman–Crippen LogP) is 2.64. The molecule has 0 saturated heterocycles. The number of methoxy groups -OCH3 is 1. The first-order chi connectivity index (χ1) is 13.4. The van der Waals surface area contributed by atoms with Crippen molar-refractivity contribution in [1.29, 1.82) is 0 Å². The second-order valence-electron chi connectivity index (χ2n) is 5.88. The van der Waals surface area contributed by atoms with Crippen LogP contribution in [0.25, 0.3) is 0 Å². The van der Waals surface area contributed by atoms with Gasteiger partial charge in [-0.25, -0.2) is 4.99 Å². The maximum absolute atomic E-state index is 12.3. The van der Waals surface area contributed by atoms with Crippen molar-refractivity contribution < 1.29 is 27.8 Å². The lowest BCUT2D eigenvalue weighted by Crippen LogP contribution is -2.47. The number of ether oxygens (including phenoxy) is 2. The van der Waals surface area contributed by atoms with Gasteiger partial charge in [-0.2, -0.15) is 8.78 Å². The number of carbonyl (C=O) groups excluding carboxylic acids is 2. The summed E-state index contributed by atoms with van der Waals surface area (Å²) in [6.07, 6.45) is 0.144. The van der Waals surface area contributed by atoms with Crippen molar-refractivity contribution >= 4 is 17.8 Å². The summed E-state index contributed by atoms with van der Waals surface area (Å²) in [7, 11) is 1.56. The Labute approximate surface area is 159 Å². The van der Waals surface area contributed by atoms with Gasteiger partial charge in [-0.3, -0.25) is 20.2 Å². The first-order valence-corrected chi connectivity index (χ1v) is 8.32. The highest BCUT2D eigenvalue weighted by atomic mass is 19.3. The quantitative estimate of drug-likeness (QED) is 0.823. The van der Waals surface area contributed by atoms with E-state index in [1.807, 2.05) is 0 Å². The third kappa shape index (κ3) is 4.81. The average molecular weight is 389 g/mol. The van der Waals surface area contributed by atoms with Crippen molar-refractivity contribution in [1.82, 2.24) is 10.6 Å². The molecule has 0 aromatic heterocycles. The number of nitrogens with zero attached hydrogens (tertiary/aromatic N) is 1. The summed E-state index contributed by atoms with van der Waals surface area (Å²) in [5, 5.41) is 5.02. The van der Waals surface area contributed by atoms with E-state index in [9.17, 15) is 18.4 Å². The molecule has 0 bridgehead atoms. The number of guanidine groups is 1. The van der Waals surface area contributed by atoms with Crippen LogP contribution in [-0.2, 0) is 4.79 Å². The highest BCUT2D eigenvalue weighted by Crippen LogP contribution is 2.25. The first-order valence-electron chi connectivity index (χ1n) is 8.32. The van der Waals surface area contributed by atoms with E-state index >= 15 is 0 Å². The van der Waals surface area contributed by atoms with E-state index in [2.05, 4.69) is 20.4 Å². The van der Waals surface area contributed by atoms with Crippen LogP contribution in [0.1, 0.15) is 28.4 Å². The molecule has 1 aliphatic rings. The molecule has 7 nitrogen and oxygen atoms in total. The highest BCUT2D eigenvalue weighted by molar-refractivity contribution is 6.10. The molecule has 0 fully saturated rings. The summed E-state index contributed by atoms with van der Waals surface area (Å²) in [4.78, 5) is 28.7. The zero-order chi connectivity index (χ0) is 20.1. The second-order valence-corrected chi connectivity index (χ2v) is 5.88. The molecular formula is C19H17F2N3O4. The largest absolute Gasteiger partial charge is 0.497 e. The van der Waals surface area contributed by atoms with Crippen LogP contribution in [0, 0.1) is 0 Å². The Hall–Kier alpha value is -3.49. The van der Waals surface area contributed by atoms with Crippen molar-refractivity contribution in [3.63, 3.8) is 0 Å². The number of hydrogen-bond acceptors (Lipinski definition) is 5. The average Bonchev–Trinajstić information content (AvgIpc) is 2.67. The summed E-state index contributed by atoms with van der Waals surface area (Å²) in [6, 6.07) is 11.8. The number of amides is 2. The molecule has 2 amide bonds. The minimum Gasteiger partial charge on any atom is -0.497 e. The maximum atomic E-state index is 12.3. The number of carbonyl (C=O) groups is 2. The Balaban J connectivity index is 1.71. The van der Waals surface area contributed by atoms with Gasteiger partial charge in [-0.1, -0.05) is 12.1 Å². The summed E-state index contributed by atoms with van der Waals surface area (Å²) in [5.41, 5.74) is 1.00.